The Labute approximate surface area is 66.5 Å². The van der Waals surface area contributed by atoms with Crippen molar-refractivity contribution in [3.63, 3.8) is 0 Å². The van der Waals surface area contributed by atoms with Crippen LogP contribution in [-0.4, -0.2) is 24.5 Å². The van der Waals surface area contributed by atoms with Gasteiger partial charge in [-0.25, -0.2) is 0 Å². The summed E-state index contributed by atoms with van der Waals surface area (Å²) in [6, 6.07) is 0.978. The van der Waals surface area contributed by atoms with E-state index in [-0.39, 0.29) is 5.91 Å². The molecular formula is C8H14N2O. The van der Waals surface area contributed by atoms with E-state index in [0.29, 0.717) is 18.5 Å². The molecule has 0 aliphatic carbocycles. The Morgan fingerprint density at radius 1 is 1.27 bits per heavy atom. The van der Waals surface area contributed by atoms with E-state index in [2.05, 4.69) is 10.6 Å². The van der Waals surface area contributed by atoms with Gasteiger partial charge in [0.25, 0.3) is 0 Å². The maximum atomic E-state index is 11.1. The van der Waals surface area contributed by atoms with Crippen LogP contribution in [0.5, 0.6) is 0 Å². The summed E-state index contributed by atoms with van der Waals surface area (Å²) < 4.78 is 0. The molecule has 62 valence electrons. The first-order valence-corrected chi connectivity index (χ1v) is 4.39. The highest BCUT2D eigenvalue weighted by Gasteiger charge is 2.29. The lowest BCUT2D eigenvalue weighted by Crippen LogP contribution is -2.40. The van der Waals surface area contributed by atoms with Crippen LogP contribution in [0.15, 0.2) is 0 Å². The Hall–Kier alpha value is -0.570. The lowest BCUT2D eigenvalue weighted by molar-refractivity contribution is -0.121. The Balaban J connectivity index is 2.03. The molecule has 2 atom stereocenters. The number of fused-ring (bicyclic) bond motifs is 1. The second-order valence-corrected chi connectivity index (χ2v) is 3.42. The van der Waals surface area contributed by atoms with Crippen LogP contribution in [0, 0.1) is 0 Å². The molecule has 0 spiro atoms. The third kappa shape index (κ3) is 1.38. The third-order valence-electron chi connectivity index (χ3n) is 2.61. The van der Waals surface area contributed by atoms with Crippen LogP contribution in [-0.2, 0) is 4.79 Å². The normalized spacial score (nSPS) is 37.6. The van der Waals surface area contributed by atoms with Gasteiger partial charge in [0.2, 0.25) is 5.91 Å². The Bertz CT molecular complexity index is 169. The highest BCUT2D eigenvalue weighted by atomic mass is 16.1. The number of carbonyl (C=O) groups is 1. The highest BCUT2D eigenvalue weighted by molar-refractivity contribution is 5.76. The SMILES string of the molecule is O=C1CCC[C@@H]2NCC[C@@H]2N1. The van der Waals surface area contributed by atoms with E-state index in [1.807, 2.05) is 0 Å². The van der Waals surface area contributed by atoms with Crippen molar-refractivity contribution < 1.29 is 4.79 Å². The molecule has 3 nitrogen and oxygen atoms in total. The first kappa shape index (κ1) is 7.10. The molecule has 2 N–H and O–H groups in total. The summed E-state index contributed by atoms with van der Waals surface area (Å²) in [5.74, 6) is 0.237. The van der Waals surface area contributed by atoms with E-state index in [1.54, 1.807) is 0 Å². The van der Waals surface area contributed by atoms with Gasteiger partial charge in [0, 0.05) is 18.5 Å². The quantitative estimate of drug-likeness (QED) is 0.516. The van der Waals surface area contributed by atoms with Gasteiger partial charge in [-0.05, 0) is 25.8 Å². The number of hydrogen-bond acceptors (Lipinski definition) is 2. The first-order valence-electron chi connectivity index (χ1n) is 4.39. The fourth-order valence-corrected chi connectivity index (χ4v) is 2.01. The molecule has 2 aliphatic rings. The van der Waals surface area contributed by atoms with E-state index in [9.17, 15) is 4.79 Å². The molecule has 3 heteroatoms. The predicted molar refractivity (Wildman–Crippen MR) is 42.2 cm³/mol. The van der Waals surface area contributed by atoms with Crippen molar-refractivity contribution in [2.45, 2.75) is 37.8 Å². The fourth-order valence-electron chi connectivity index (χ4n) is 2.01. The van der Waals surface area contributed by atoms with Crippen molar-refractivity contribution in [1.82, 2.24) is 10.6 Å². The van der Waals surface area contributed by atoms with Crippen molar-refractivity contribution in [1.29, 1.82) is 0 Å². The molecule has 2 fully saturated rings. The number of amides is 1. The lowest BCUT2D eigenvalue weighted by atomic mass is 10.1. The first-order chi connectivity index (χ1) is 5.36. The summed E-state index contributed by atoms with van der Waals surface area (Å²) in [4.78, 5) is 11.1. The Morgan fingerprint density at radius 2 is 2.18 bits per heavy atom. The van der Waals surface area contributed by atoms with Gasteiger partial charge in [-0.2, -0.15) is 0 Å². The van der Waals surface area contributed by atoms with Crippen molar-refractivity contribution >= 4 is 5.91 Å². The van der Waals surface area contributed by atoms with Gasteiger partial charge in [0.1, 0.15) is 0 Å². The third-order valence-corrected chi connectivity index (χ3v) is 2.61. The number of carbonyl (C=O) groups excluding carboxylic acids is 1. The summed E-state index contributed by atoms with van der Waals surface area (Å²) in [5.41, 5.74) is 0. The molecule has 0 bridgehead atoms. The smallest absolute Gasteiger partial charge is 0.220 e. The minimum absolute atomic E-state index is 0.237. The zero-order valence-corrected chi connectivity index (χ0v) is 6.60. The Kier molecular flexibility index (Phi) is 1.82. The van der Waals surface area contributed by atoms with Crippen LogP contribution in [0.4, 0.5) is 0 Å². The van der Waals surface area contributed by atoms with Crippen molar-refractivity contribution in [3.8, 4) is 0 Å². The molecule has 2 heterocycles. The maximum Gasteiger partial charge on any atom is 0.220 e. The average Bonchev–Trinajstić information content (AvgIpc) is 2.31. The van der Waals surface area contributed by atoms with Gasteiger partial charge in [0.15, 0.2) is 0 Å². The van der Waals surface area contributed by atoms with Gasteiger partial charge in [-0.15, -0.1) is 0 Å². The van der Waals surface area contributed by atoms with Crippen molar-refractivity contribution in [2.24, 2.45) is 0 Å². The molecule has 0 aromatic heterocycles. The van der Waals surface area contributed by atoms with Crippen LogP contribution in [0.1, 0.15) is 25.7 Å². The summed E-state index contributed by atoms with van der Waals surface area (Å²) in [5, 5.41) is 6.44. The largest absolute Gasteiger partial charge is 0.352 e. The van der Waals surface area contributed by atoms with Gasteiger partial charge < -0.3 is 10.6 Å². The van der Waals surface area contributed by atoms with Crippen molar-refractivity contribution in [3.05, 3.63) is 0 Å². The number of hydrogen-bond donors (Lipinski definition) is 2. The van der Waals surface area contributed by atoms with Crippen LogP contribution in [0.25, 0.3) is 0 Å². The standard InChI is InChI=1S/C8H14N2O/c11-8-3-1-2-6-7(10-8)4-5-9-6/h6-7,9H,1-5H2,(H,10,11)/t6-,7-/m0/s1. The van der Waals surface area contributed by atoms with Gasteiger partial charge in [-0.1, -0.05) is 0 Å². The predicted octanol–water partition coefficient (Wildman–Crippen LogP) is 0.0170. The molecule has 2 saturated heterocycles. The second kappa shape index (κ2) is 2.81. The summed E-state index contributed by atoms with van der Waals surface area (Å²) in [7, 11) is 0. The van der Waals surface area contributed by atoms with Gasteiger partial charge >= 0.3 is 0 Å². The summed E-state index contributed by atoms with van der Waals surface area (Å²) in [6.45, 7) is 1.07. The Morgan fingerprint density at radius 3 is 3.09 bits per heavy atom. The molecule has 2 aliphatic heterocycles. The van der Waals surface area contributed by atoms with E-state index in [0.717, 1.165) is 25.8 Å². The monoisotopic (exact) mass is 154 g/mol. The number of nitrogens with one attached hydrogen (secondary N) is 2. The summed E-state index contributed by atoms with van der Waals surface area (Å²) >= 11 is 0. The minimum atomic E-state index is 0.237. The average molecular weight is 154 g/mol. The molecule has 0 aromatic carbocycles. The van der Waals surface area contributed by atoms with Crippen LogP contribution in [0.3, 0.4) is 0 Å². The van der Waals surface area contributed by atoms with Gasteiger partial charge in [0.05, 0.1) is 0 Å². The van der Waals surface area contributed by atoms with E-state index in [4.69, 9.17) is 0 Å². The topological polar surface area (TPSA) is 41.1 Å². The molecule has 0 radical (unpaired) electrons. The number of rotatable bonds is 0. The molecular weight excluding hydrogens is 140 g/mol. The van der Waals surface area contributed by atoms with E-state index >= 15 is 0 Å². The molecule has 0 unspecified atom stereocenters. The molecule has 11 heavy (non-hydrogen) atoms. The van der Waals surface area contributed by atoms with Crippen molar-refractivity contribution in [2.75, 3.05) is 6.54 Å². The van der Waals surface area contributed by atoms with Crippen LogP contribution < -0.4 is 10.6 Å². The molecule has 0 aromatic rings. The highest BCUT2D eigenvalue weighted by Crippen LogP contribution is 2.16. The summed E-state index contributed by atoms with van der Waals surface area (Å²) in [6.07, 6.45) is 4.02. The molecule has 1 amide bonds. The van der Waals surface area contributed by atoms with Crippen LogP contribution >= 0.6 is 0 Å². The maximum absolute atomic E-state index is 11.1. The molecule has 0 saturated carbocycles. The molecule has 2 rings (SSSR count). The second-order valence-electron chi connectivity index (χ2n) is 3.42. The minimum Gasteiger partial charge on any atom is -0.352 e. The van der Waals surface area contributed by atoms with Crippen LogP contribution in [0.2, 0.25) is 0 Å². The fraction of sp³-hybridized carbons (Fsp3) is 0.875. The lowest BCUT2D eigenvalue weighted by Gasteiger charge is -2.15. The van der Waals surface area contributed by atoms with E-state index in [1.165, 1.54) is 0 Å². The van der Waals surface area contributed by atoms with Gasteiger partial charge in [-0.3, -0.25) is 4.79 Å². The zero-order valence-electron chi connectivity index (χ0n) is 6.60. The van der Waals surface area contributed by atoms with E-state index < -0.39 is 0 Å². The zero-order chi connectivity index (χ0) is 7.68.